The molecule has 6 nitrogen and oxygen atoms in total. The van der Waals surface area contributed by atoms with Crippen molar-refractivity contribution in [1.29, 1.82) is 0 Å². The minimum atomic E-state index is -1.31. The zero-order chi connectivity index (χ0) is 20.0. The molecule has 1 fully saturated rings. The van der Waals surface area contributed by atoms with Crippen molar-refractivity contribution in [2.45, 2.75) is 39.2 Å². The lowest BCUT2D eigenvalue weighted by Crippen LogP contribution is -2.49. The third kappa shape index (κ3) is 5.01. The third-order valence-electron chi connectivity index (χ3n) is 4.03. The second-order valence-electron chi connectivity index (χ2n) is 5.91. The van der Waals surface area contributed by atoms with E-state index in [4.69, 9.17) is 21.7 Å². The van der Waals surface area contributed by atoms with E-state index >= 15 is 0 Å². The lowest BCUT2D eigenvalue weighted by atomic mass is 10.1. The lowest BCUT2D eigenvalue weighted by Gasteiger charge is -2.26. The normalized spacial score (nSPS) is 16.7. The zero-order valence-corrected chi connectivity index (χ0v) is 17.2. The van der Waals surface area contributed by atoms with E-state index in [1.54, 1.807) is 32.2 Å². The molecule has 1 aromatic rings. The van der Waals surface area contributed by atoms with Gasteiger partial charge in [-0.05, 0) is 36.6 Å². The molecule has 8 heteroatoms. The highest BCUT2D eigenvalue weighted by atomic mass is 32.2. The van der Waals surface area contributed by atoms with Gasteiger partial charge in [0.25, 0.3) is 5.91 Å². The molecule has 1 aliphatic heterocycles. The van der Waals surface area contributed by atoms with Gasteiger partial charge in [0.1, 0.15) is 4.32 Å². The highest BCUT2D eigenvalue weighted by Gasteiger charge is 2.37. The molecule has 0 aromatic heterocycles. The van der Waals surface area contributed by atoms with Crippen LogP contribution >= 0.6 is 24.0 Å². The Morgan fingerprint density at radius 3 is 2.70 bits per heavy atom. The number of thiocarbonyl (C=S) groups is 1. The van der Waals surface area contributed by atoms with Crippen molar-refractivity contribution < 1.29 is 24.2 Å². The minimum Gasteiger partial charge on any atom is -0.548 e. The van der Waals surface area contributed by atoms with Crippen molar-refractivity contribution in [2.75, 3.05) is 13.7 Å². The maximum atomic E-state index is 12.6. The molecular formula is C19H22NO5S2-. The van der Waals surface area contributed by atoms with Gasteiger partial charge in [-0.1, -0.05) is 50.3 Å². The summed E-state index contributed by atoms with van der Waals surface area (Å²) < 4.78 is 11.3. The first-order valence-electron chi connectivity index (χ1n) is 8.71. The topological polar surface area (TPSA) is 78.9 Å². The van der Waals surface area contributed by atoms with Gasteiger partial charge in [0.2, 0.25) is 0 Å². The Kier molecular flexibility index (Phi) is 7.67. The average Bonchev–Trinajstić information content (AvgIpc) is 2.91. The van der Waals surface area contributed by atoms with E-state index in [0.717, 1.165) is 35.1 Å². The molecule has 1 amide bonds. The summed E-state index contributed by atoms with van der Waals surface area (Å²) in [6, 6.07) is 4.31. The number of rotatable bonds is 9. The standard InChI is InChI=1S/C19H23NO5S2/c1-4-6-9-25-14-8-7-12(10-15(14)24-3)11-16-17(21)20(19(26)27-16)13(5-2)18(22)23/h7-8,10-11,13H,4-6,9H2,1-3H3,(H,22,23)/p-1/b16-11-/t13-/m1/s1. The van der Waals surface area contributed by atoms with Gasteiger partial charge in [-0.2, -0.15) is 0 Å². The van der Waals surface area contributed by atoms with Gasteiger partial charge in [-0.3, -0.25) is 9.69 Å². The summed E-state index contributed by atoms with van der Waals surface area (Å²) in [5.74, 6) is -0.538. The minimum absolute atomic E-state index is 0.216. The SMILES string of the molecule is CCCCOc1ccc(/C=C2\SC(=S)N([C@H](CC)C(=O)[O-])C2=O)cc1OC. The van der Waals surface area contributed by atoms with Crippen LogP contribution in [0.2, 0.25) is 0 Å². The summed E-state index contributed by atoms with van der Waals surface area (Å²) in [7, 11) is 1.55. The number of unbranched alkanes of at least 4 members (excludes halogenated alkanes) is 1. The van der Waals surface area contributed by atoms with E-state index in [0.29, 0.717) is 23.0 Å². The maximum Gasteiger partial charge on any atom is 0.266 e. The Morgan fingerprint density at radius 1 is 1.37 bits per heavy atom. The summed E-state index contributed by atoms with van der Waals surface area (Å²) in [4.78, 5) is 25.4. The molecule has 1 heterocycles. The number of carboxylic acid groups (broad SMARTS) is 1. The fourth-order valence-corrected chi connectivity index (χ4v) is 3.93. The number of hydrogen-bond acceptors (Lipinski definition) is 7. The van der Waals surface area contributed by atoms with E-state index in [2.05, 4.69) is 6.92 Å². The number of carboxylic acids is 1. The molecule has 0 spiro atoms. The van der Waals surface area contributed by atoms with Crippen LogP contribution in [0.5, 0.6) is 11.5 Å². The Hall–Kier alpha value is -2.06. The number of carbonyl (C=O) groups is 2. The molecule has 146 valence electrons. The molecule has 0 aliphatic carbocycles. The maximum absolute atomic E-state index is 12.6. The smallest absolute Gasteiger partial charge is 0.266 e. The van der Waals surface area contributed by atoms with E-state index in [9.17, 15) is 14.7 Å². The van der Waals surface area contributed by atoms with Crippen LogP contribution in [0.3, 0.4) is 0 Å². The fraction of sp³-hybridized carbons (Fsp3) is 0.421. The van der Waals surface area contributed by atoms with Gasteiger partial charge < -0.3 is 19.4 Å². The largest absolute Gasteiger partial charge is 0.548 e. The molecule has 1 saturated heterocycles. The average molecular weight is 409 g/mol. The molecule has 0 unspecified atom stereocenters. The van der Waals surface area contributed by atoms with Crippen LogP contribution in [0.25, 0.3) is 6.08 Å². The van der Waals surface area contributed by atoms with Crippen LogP contribution < -0.4 is 14.6 Å². The summed E-state index contributed by atoms with van der Waals surface area (Å²) in [6.45, 7) is 4.36. The number of methoxy groups -OCH3 is 1. The van der Waals surface area contributed by atoms with Gasteiger partial charge in [0.15, 0.2) is 11.5 Å². The lowest BCUT2D eigenvalue weighted by molar-refractivity contribution is -0.310. The van der Waals surface area contributed by atoms with E-state index in [-0.39, 0.29) is 10.7 Å². The number of benzene rings is 1. The summed E-state index contributed by atoms with van der Waals surface area (Å²) >= 11 is 6.27. The molecule has 27 heavy (non-hydrogen) atoms. The van der Waals surface area contributed by atoms with Crippen LogP contribution in [-0.2, 0) is 9.59 Å². The summed E-state index contributed by atoms with van der Waals surface area (Å²) in [5, 5.41) is 11.3. The second kappa shape index (κ2) is 9.75. The fourth-order valence-electron chi connectivity index (χ4n) is 2.57. The summed E-state index contributed by atoms with van der Waals surface area (Å²) in [6.07, 6.45) is 3.87. The zero-order valence-electron chi connectivity index (χ0n) is 15.5. The van der Waals surface area contributed by atoms with Crippen LogP contribution in [0.1, 0.15) is 38.7 Å². The van der Waals surface area contributed by atoms with Gasteiger partial charge >= 0.3 is 0 Å². The van der Waals surface area contributed by atoms with Gasteiger partial charge in [-0.15, -0.1) is 0 Å². The van der Waals surface area contributed by atoms with Crippen LogP contribution in [0.4, 0.5) is 0 Å². The molecule has 0 N–H and O–H groups in total. The number of thioether (sulfide) groups is 1. The Bertz CT molecular complexity index is 762. The first kappa shape index (κ1) is 21.2. The van der Waals surface area contributed by atoms with E-state index in [1.807, 2.05) is 6.07 Å². The van der Waals surface area contributed by atoms with Crippen LogP contribution in [-0.4, -0.2) is 40.9 Å². The number of nitrogens with zero attached hydrogens (tertiary/aromatic N) is 1. The Labute approximate surface area is 168 Å². The Morgan fingerprint density at radius 2 is 2.11 bits per heavy atom. The van der Waals surface area contributed by atoms with Crippen molar-refractivity contribution in [1.82, 2.24) is 4.90 Å². The second-order valence-corrected chi connectivity index (χ2v) is 7.58. The van der Waals surface area contributed by atoms with Crippen molar-refractivity contribution in [3.63, 3.8) is 0 Å². The molecule has 1 aromatic carbocycles. The number of amides is 1. The molecule has 0 saturated carbocycles. The quantitative estimate of drug-likeness (QED) is 0.353. The van der Waals surface area contributed by atoms with Gasteiger partial charge in [0, 0.05) is 0 Å². The predicted octanol–water partition coefficient (Wildman–Crippen LogP) is 2.60. The van der Waals surface area contributed by atoms with Gasteiger partial charge in [-0.25, -0.2) is 0 Å². The number of hydrogen-bond donors (Lipinski definition) is 0. The van der Waals surface area contributed by atoms with E-state index in [1.165, 1.54) is 0 Å². The number of aliphatic carboxylic acids is 1. The number of carbonyl (C=O) groups excluding carboxylic acids is 2. The molecule has 0 bridgehead atoms. The predicted molar refractivity (Wildman–Crippen MR) is 107 cm³/mol. The molecule has 2 rings (SSSR count). The third-order valence-corrected chi connectivity index (χ3v) is 5.37. The Balaban J connectivity index is 2.24. The van der Waals surface area contributed by atoms with Crippen molar-refractivity contribution in [3.05, 3.63) is 28.7 Å². The van der Waals surface area contributed by atoms with Crippen LogP contribution in [0, 0.1) is 0 Å². The molecule has 1 atom stereocenters. The van der Waals surface area contributed by atoms with Crippen LogP contribution in [0.15, 0.2) is 23.1 Å². The van der Waals surface area contributed by atoms with Crippen molar-refractivity contribution in [3.8, 4) is 11.5 Å². The molecule has 1 aliphatic rings. The first-order valence-corrected chi connectivity index (χ1v) is 9.94. The summed E-state index contributed by atoms with van der Waals surface area (Å²) in [5.41, 5.74) is 0.733. The number of ether oxygens (including phenoxy) is 2. The van der Waals surface area contributed by atoms with Gasteiger partial charge in [0.05, 0.1) is 30.6 Å². The first-order chi connectivity index (χ1) is 12.9. The van der Waals surface area contributed by atoms with Crippen molar-refractivity contribution >= 4 is 46.3 Å². The molecular weight excluding hydrogens is 386 g/mol. The molecule has 0 radical (unpaired) electrons. The van der Waals surface area contributed by atoms with Crippen molar-refractivity contribution in [2.24, 2.45) is 0 Å². The highest BCUT2D eigenvalue weighted by molar-refractivity contribution is 8.26. The highest BCUT2D eigenvalue weighted by Crippen LogP contribution is 2.36. The monoisotopic (exact) mass is 408 g/mol. The van der Waals surface area contributed by atoms with E-state index < -0.39 is 17.9 Å².